The van der Waals surface area contributed by atoms with Gasteiger partial charge in [-0.2, -0.15) is 0 Å². The molecule has 0 bridgehead atoms. The molecule has 0 aliphatic carbocycles. The van der Waals surface area contributed by atoms with Gasteiger partial charge in [-0.1, -0.05) is 37.1 Å². The highest BCUT2D eigenvalue weighted by molar-refractivity contribution is 5.07. The van der Waals surface area contributed by atoms with E-state index in [1.807, 2.05) is 0 Å². The molecule has 1 aliphatic rings. The summed E-state index contributed by atoms with van der Waals surface area (Å²) in [5.74, 6) is 0. The maximum Gasteiger partial charge on any atom is 0.0918 e. The monoisotopic (exact) mass is 280 g/mol. The van der Waals surface area contributed by atoms with Crippen LogP contribution in [0, 0.1) is 0 Å². The number of ether oxygens (including phenoxy) is 2. The molecule has 2 atom stereocenters. The van der Waals surface area contributed by atoms with Gasteiger partial charge in [0.25, 0.3) is 0 Å². The van der Waals surface area contributed by atoms with Crippen molar-refractivity contribution < 1.29 is 9.47 Å². The van der Waals surface area contributed by atoms with E-state index in [0.29, 0.717) is 6.10 Å². The molecule has 0 N–H and O–H groups in total. The van der Waals surface area contributed by atoms with E-state index < -0.39 is 0 Å². The average Bonchev–Trinajstić information content (AvgIpc) is 3.11. The Kier molecular flexibility index (Phi) is 7.53. The Morgan fingerprint density at radius 2 is 2.00 bits per heavy atom. The molecule has 0 aromatic heterocycles. The molecule has 1 heterocycles. The predicted octanol–water partition coefficient (Wildman–Crippen LogP) is 5.04. The Hall–Kier alpha value is -0.600. The lowest BCUT2D eigenvalue weighted by Crippen LogP contribution is -2.07. The van der Waals surface area contributed by atoms with Gasteiger partial charge in [0.2, 0.25) is 0 Å². The third-order valence-electron chi connectivity index (χ3n) is 4.49. The maximum atomic E-state index is 5.79. The van der Waals surface area contributed by atoms with Gasteiger partial charge >= 0.3 is 0 Å². The van der Waals surface area contributed by atoms with Gasteiger partial charge in [0, 0.05) is 7.11 Å². The minimum absolute atomic E-state index is 0.179. The molecule has 20 heavy (non-hydrogen) atoms. The SMILES string of the molecule is CCC(=CCCC(C)=CCOC)CCC1OC1(C)CC. The Bertz CT molecular complexity index is 343. The smallest absolute Gasteiger partial charge is 0.0918 e. The zero-order valence-corrected chi connectivity index (χ0v) is 14.0. The van der Waals surface area contributed by atoms with E-state index in [0.717, 1.165) is 32.3 Å². The summed E-state index contributed by atoms with van der Waals surface area (Å²) in [5, 5.41) is 0. The zero-order valence-electron chi connectivity index (χ0n) is 14.0. The van der Waals surface area contributed by atoms with Crippen molar-refractivity contribution in [1.82, 2.24) is 0 Å². The van der Waals surface area contributed by atoms with Gasteiger partial charge in [0.1, 0.15) is 0 Å². The average molecular weight is 280 g/mol. The van der Waals surface area contributed by atoms with Crippen LogP contribution in [0.5, 0.6) is 0 Å². The topological polar surface area (TPSA) is 21.8 Å². The van der Waals surface area contributed by atoms with Gasteiger partial charge in [-0.15, -0.1) is 0 Å². The van der Waals surface area contributed by atoms with Gasteiger partial charge in [0.05, 0.1) is 18.3 Å². The summed E-state index contributed by atoms with van der Waals surface area (Å²) in [5.41, 5.74) is 3.18. The minimum atomic E-state index is 0.179. The molecule has 0 spiro atoms. The van der Waals surface area contributed by atoms with Crippen LogP contribution in [0.2, 0.25) is 0 Å². The quantitative estimate of drug-likeness (QED) is 0.413. The molecule has 2 nitrogen and oxygen atoms in total. The molecule has 2 unspecified atom stereocenters. The normalized spacial score (nSPS) is 26.9. The number of allylic oxidation sites excluding steroid dienone is 3. The standard InChI is InChI=1S/C18H32O2/c1-6-16(10-8-9-15(3)13-14-19-5)11-12-17-18(4,7-2)20-17/h10,13,17H,6-9,11-12,14H2,1-5H3. The fourth-order valence-corrected chi connectivity index (χ4v) is 2.54. The molecule has 0 aromatic carbocycles. The van der Waals surface area contributed by atoms with E-state index in [9.17, 15) is 0 Å². The van der Waals surface area contributed by atoms with Gasteiger partial charge in [-0.05, 0) is 52.4 Å². The van der Waals surface area contributed by atoms with Crippen LogP contribution in [0.1, 0.15) is 66.2 Å². The highest BCUT2D eigenvalue weighted by Crippen LogP contribution is 2.42. The lowest BCUT2D eigenvalue weighted by Gasteiger charge is -2.06. The van der Waals surface area contributed by atoms with E-state index in [1.54, 1.807) is 12.7 Å². The highest BCUT2D eigenvalue weighted by Gasteiger charge is 2.49. The van der Waals surface area contributed by atoms with E-state index in [1.165, 1.54) is 18.4 Å². The Labute approximate surface area is 125 Å². The van der Waals surface area contributed by atoms with Crippen LogP contribution in [0.25, 0.3) is 0 Å². The second-order valence-electron chi connectivity index (χ2n) is 6.07. The van der Waals surface area contributed by atoms with Crippen molar-refractivity contribution in [1.29, 1.82) is 0 Å². The van der Waals surface area contributed by atoms with Crippen LogP contribution in [0.15, 0.2) is 23.3 Å². The summed E-state index contributed by atoms with van der Waals surface area (Å²) in [4.78, 5) is 0. The summed E-state index contributed by atoms with van der Waals surface area (Å²) < 4.78 is 10.8. The van der Waals surface area contributed by atoms with E-state index in [4.69, 9.17) is 9.47 Å². The molecular weight excluding hydrogens is 248 g/mol. The van der Waals surface area contributed by atoms with Crippen LogP contribution in [0.4, 0.5) is 0 Å². The summed E-state index contributed by atoms with van der Waals surface area (Å²) in [6.45, 7) is 9.61. The summed E-state index contributed by atoms with van der Waals surface area (Å²) in [7, 11) is 1.74. The summed E-state index contributed by atoms with van der Waals surface area (Å²) in [6.07, 6.45) is 12.0. The number of hydrogen-bond acceptors (Lipinski definition) is 2. The number of epoxide rings is 1. The fourth-order valence-electron chi connectivity index (χ4n) is 2.54. The summed E-state index contributed by atoms with van der Waals surface area (Å²) >= 11 is 0. The van der Waals surface area contributed by atoms with Crippen LogP contribution < -0.4 is 0 Å². The molecule has 116 valence electrons. The predicted molar refractivity (Wildman–Crippen MR) is 86.0 cm³/mol. The molecule has 0 radical (unpaired) electrons. The van der Waals surface area contributed by atoms with Crippen molar-refractivity contribution in [2.45, 2.75) is 77.9 Å². The Balaban J connectivity index is 2.26. The third-order valence-corrected chi connectivity index (χ3v) is 4.49. The molecule has 2 heteroatoms. The molecule has 0 saturated carbocycles. The van der Waals surface area contributed by atoms with Crippen molar-refractivity contribution in [2.24, 2.45) is 0 Å². The first-order valence-electron chi connectivity index (χ1n) is 8.06. The molecule has 0 aromatic rings. The van der Waals surface area contributed by atoms with E-state index in [2.05, 4.69) is 39.8 Å². The molecule has 0 amide bonds. The third kappa shape index (κ3) is 5.80. The first-order valence-corrected chi connectivity index (χ1v) is 8.06. The molecule has 1 fully saturated rings. The van der Waals surface area contributed by atoms with Gasteiger partial charge in [-0.25, -0.2) is 0 Å². The van der Waals surface area contributed by atoms with Gasteiger partial charge < -0.3 is 9.47 Å². The Morgan fingerprint density at radius 1 is 1.25 bits per heavy atom. The van der Waals surface area contributed by atoms with Crippen LogP contribution in [-0.4, -0.2) is 25.4 Å². The van der Waals surface area contributed by atoms with Crippen molar-refractivity contribution >= 4 is 0 Å². The zero-order chi connectivity index (χ0) is 15.0. The number of methoxy groups -OCH3 is 1. The van der Waals surface area contributed by atoms with Crippen LogP contribution in [0.3, 0.4) is 0 Å². The lowest BCUT2D eigenvalue weighted by molar-refractivity contribution is 0.233. The first kappa shape index (κ1) is 17.5. The van der Waals surface area contributed by atoms with Crippen LogP contribution >= 0.6 is 0 Å². The molecule has 1 saturated heterocycles. The second kappa shape index (κ2) is 8.63. The van der Waals surface area contributed by atoms with Crippen molar-refractivity contribution in [3.63, 3.8) is 0 Å². The van der Waals surface area contributed by atoms with Crippen molar-refractivity contribution in [3.8, 4) is 0 Å². The fraction of sp³-hybridized carbons (Fsp3) is 0.778. The van der Waals surface area contributed by atoms with E-state index in [-0.39, 0.29) is 5.60 Å². The van der Waals surface area contributed by atoms with Crippen molar-refractivity contribution in [2.75, 3.05) is 13.7 Å². The first-order chi connectivity index (χ1) is 9.55. The molecule has 1 aliphatic heterocycles. The second-order valence-corrected chi connectivity index (χ2v) is 6.07. The summed E-state index contributed by atoms with van der Waals surface area (Å²) in [6, 6.07) is 0. The minimum Gasteiger partial charge on any atom is -0.381 e. The number of rotatable bonds is 10. The highest BCUT2D eigenvalue weighted by atomic mass is 16.6. The number of hydrogen-bond donors (Lipinski definition) is 0. The van der Waals surface area contributed by atoms with Crippen molar-refractivity contribution in [3.05, 3.63) is 23.3 Å². The van der Waals surface area contributed by atoms with Crippen LogP contribution in [-0.2, 0) is 9.47 Å². The van der Waals surface area contributed by atoms with E-state index >= 15 is 0 Å². The largest absolute Gasteiger partial charge is 0.381 e. The molecular formula is C18H32O2. The maximum absolute atomic E-state index is 5.79. The Morgan fingerprint density at radius 3 is 2.55 bits per heavy atom. The van der Waals surface area contributed by atoms with Gasteiger partial charge in [-0.3, -0.25) is 0 Å². The molecule has 1 rings (SSSR count). The lowest BCUT2D eigenvalue weighted by atomic mass is 9.97. The van der Waals surface area contributed by atoms with Gasteiger partial charge in [0.15, 0.2) is 0 Å².